The molecule has 33 heavy (non-hydrogen) atoms. The predicted molar refractivity (Wildman–Crippen MR) is 126 cm³/mol. The Labute approximate surface area is 202 Å². The molecule has 0 spiro atoms. The average Bonchev–Trinajstić information content (AvgIpc) is 3.20. The minimum Gasteiger partial charge on any atom is -0.383 e. The fourth-order valence-electron chi connectivity index (χ4n) is 4.21. The van der Waals surface area contributed by atoms with Crippen molar-refractivity contribution in [2.75, 3.05) is 22.5 Å². The molecule has 2 aliphatic heterocycles. The summed E-state index contributed by atoms with van der Waals surface area (Å²) in [5, 5.41) is 6.48. The van der Waals surface area contributed by atoms with Crippen LogP contribution in [0.4, 0.5) is 26.5 Å². The summed E-state index contributed by atoms with van der Waals surface area (Å²) in [5.74, 6) is -0.992. The Hall–Kier alpha value is -3.07. The van der Waals surface area contributed by atoms with E-state index in [4.69, 9.17) is 40.5 Å². The molecule has 0 saturated carbocycles. The van der Waals surface area contributed by atoms with Gasteiger partial charge >= 0.3 is 6.03 Å². The summed E-state index contributed by atoms with van der Waals surface area (Å²) >= 11 is 18.5. The zero-order chi connectivity index (χ0) is 23.4. The lowest BCUT2D eigenvalue weighted by molar-refractivity contribution is 0.102. The lowest BCUT2D eigenvalue weighted by Crippen LogP contribution is -2.46. The summed E-state index contributed by atoms with van der Waals surface area (Å²) in [6.45, 7) is 0.410. The number of benzene rings is 2. The van der Waals surface area contributed by atoms with E-state index in [-0.39, 0.29) is 28.3 Å². The quantitative estimate of drug-likeness (QED) is 0.455. The molecule has 0 bridgehead atoms. The van der Waals surface area contributed by atoms with Crippen LogP contribution in [0.1, 0.15) is 33.1 Å². The van der Waals surface area contributed by atoms with Crippen LogP contribution in [0, 0.1) is 5.82 Å². The van der Waals surface area contributed by atoms with E-state index in [0.29, 0.717) is 45.4 Å². The second kappa shape index (κ2) is 8.06. The lowest BCUT2D eigenvalue weighted by Gasteiger charge is -2.34. The van der Waals surface area contributed by atoms with E-state index < -0.39 is 17.8 Å². The number of carbonyl (C=O) groups is 2. The molecular weight excluding hydrogens is 492 g/mol. The highest BCUT2D eigenvalue weighted by molar-refractivity contribution is 6.33. The van der Waals surface area contributed by atoms with E-state index in [0.717, 1.165) is 12.1 Å². The monoisotopic (exact) mass is 505 g/mol. The van der Waals surface area contributed by atoms with Crippen molar-refractivity contribution in [1.82, 2.24) is 10.3 Å². The van der Waals surface area contributed by atoms with Gasteiger partial charge in [-0.25, -0.2) is 14.2 Å². The van der Waals surface area contributed by atoms with Gasteiger partial charge in [0, 0.05) is 38.3 Å². The number of halogens is 4. The molecule has 0 saturated heterocycles. The summed E-state index contributed by atoms with van der Waals surface area (Å²) in [4.78, 5) is 31.8. The molecule has 1 atom stereocenters. The van der Waals surface area contributed by atoms with Gasteiger partial charge in [-0.1, -0.05) is 34.8 Å². The first-order chi connectivity index (χ1) is 15.7. The van der Waals surface area contributed by atoms with E-state index in [2.05, 4.69) is 15.6 Å². The van der Waals surface area contributed by atoms with E-state index >= 15 is 0 Å². The number of hydrogen-bond acceptors (Lipinski definition) is 4. The first kappa shape index (κ1) is 21.8. The van der Waals surface area contributed by atoms with Crippen LogP contribution in [0.15, 0.2) is 36.4 Å². The van der Waals surface area contributed by atoms with Gasteiger partial charge in [-0.05, 0) is 48.4 Å². The van der Waals surface area contributed by atoms with Crippen LogP contribution in [0.5, 0.6) is 0 Å². The molecule has 3 aromatic rings. The van der Waals surface area contributed by atoms with Crippen molar-refractivity contribution < 1.29 is 14.0 Å². The van der Waals surface area contributed by atoms with Crippen LogP contribution in [-0.4, -0.2) is 23.5 Å². The normalized spacial score (nSPS) is 16.4. The molecule has 0 fully saturated rings. The molecule has 0 radical (unpaired) electrons. The van der Waals surface area contributed by atoms with Crippen molar-refractivity contribution in [2.45, 2.75) is 12.5 Å². The van der Waals surface area contributed by atoms with E-state index in [1.807, 2.05) is 0 Å². The van der Waals surface area contributed by atoms with Crippen molar-refractivity contribution >= 4 is 64.1 Å². The first-order valence-corrected chi connectivity index (χ1v) is 11.0. The van der Waals surface area contributed by atoms with E-state index in [1.54, 1.807) is 23.1 Å². The topological polar surface area (TPSA) is 100 Å². The molecule has 2 aromatic carbocycles. The number of anilines is 3. The number of nitrogens with one attached hydrogen (secondary N) is 2. The summed E-state index contributed by atoms with van der Waals surface area (Å²) < 4.78 is 13.8. The van der Waals surface area contributed by atoms with Gasteiger partial charge in [0.1, 0.15) is 17.5 Å². The Morgan fingerprint density at radius 3 is 2.73 bits per heavy atom. The van der Waals surface area contributed by atoms with Gasteiger partial charge in [0.2, 0.25) is 0 Å². The zero-order valence-electron chi connectivity index (χ0n) is 16.8. The highest BCUT2D eigenvalue weighted by Crippen LogP contribution is 2.47. The Morgan fingerprint density at radius 2 is 1.97 bits per heavy atom. The average molecular weight is 507 g/mol. The van der Waals surface area contributed by atoms with Crippen molar-refractivity contribution in [3.63, 3.8) is 0 Å². The number of nitrogen functional groups attached to an aromatic ring is 1. The number of hydrogen-bond donors (Lipinski definition) is 3. The van der Waals surface area contributed by atoms with Crippen molar-refractivity contribution in [2.24, 2.45) is 0 Å². The Balaban J connectivity index is 1.68. The molecule has 5 rings (SSSR count). The maximum absolute atomic E-state index is 13.8. The lowest BCUT2D eigenvalue weighted by atomic mass is 9.94. The highest BCUT2D eigenvalue weighted by atomic mass is 35.5. The number of nitrogens with two attached hydrogens (primary N) is 1. The molecule has 4 N–H and O–H groups in total. The molecule has 1 aromatic heterocycles. The number of urea groups is 1. The van der Waals surface area contributed by atoms with Crippen LogP contribution in [0.25, 0.3) is 0 Å². The van der Waals surface area contributed by atoms with Gasteiger partial charge in [-0.15, -0.1) is 0 Å². The third kappa shape index (κ3) is 3.74. The molecule has 3 heterocycles. The van der Waals surface area contributed by atoms with Crippen LogP contribution < -0.4 is 21.3 Å². The Bertz CT molecular complexity index is 1330. The van der Waals surface area contributed by atoms with Gasteiger partial charge in [-0.2, -0.15) is 0 Å². The number of rotatable bonds is 3. The highest BCUT2D eigenvalue weighted by Gasteiger charge is 2.41. The second-order valence-electron chi connectivity index (χ2n) is 7.65. The zero-order valence-corrected chi connectivity index (χ0v) is 19.0. The van der Waals surface area contributed by atoms with Crippen molar-refractivity contribution in [1.29, 1.82) is 0 Å². The molecule has 3 amide bonds. The first-order valence-electron chi connectivity index (χ1n) is 9.85. The smallest absolute Gasteiger partial charge is 0.322 e. The summed E-state index contributed by atoms with van der Waals surface area (Å²) in [5.41, 5.74) is 8.49. The number of amides is 3. The van der Waals surface area contributed by atoms with Gasteiger partial charge in [-0.3, -0.25) is 9.69 Å². The molecule has 7 nitrogen and oxygen atoms in total. The molecule has 168 valence electrons. The van der Waals surface area contributed by atoms with Gasteiger partial charge in [0.25, 0.3) is 5.91 Å². The van der Waals surface area contributed by atoms with Crippen LogP contribution in [0.3, 0.4) is 0 Å². The van der Waals surface area contributed by atoms with Crippen LogP contribution in [-0.2, 0) is 6.42 Å². The number of carbonyl (C=O) groups excluding carboxylic acids is 2. The second-order valence-corrected chi connectivity index (χ2v) is 8.93. The van der Waals surface area contributed by atoms with Gasteiger partial charge < -0.3 is 16.4 Å². The number of nitrogens with zero attached hydrogens (tertiary/aromatic N) is 2. The van der Waals surface area contributed by atoms with Gasteiger partial charge in [0.15, 0.2) is 0 Å². The third-order valence-corrected chi connectivity index (χ3v) is 6.42. The third-order valence-electron chi connectivity index (χ3n) is 5.62. The Morgan fingerprint density at radius 1 is 1.18 bits per heavy atom. The maximum atomic E-state index is 13.8. The molecular formula is C22H15Cl3FN5O2. The minimum absolute atomic E-state index is 0.00195. The fourth-order valence-corrected chi connectivity index (χ4v) is 4.84. The van der Waals surface area contributed by atoms with E-state index in [9.17, 15) is 14.0 Å². The fraction of sp³-hybridized carbons (Fsp3) is 0.136. The molecule has 0 aliphatic carbocycles. The summed E-state index contributed by atoms with van der Waals surface area (Å²) in [6.07, 6.45) is 0.512. The Kier molecular flexibility index (Phi) is 5.31. The maximum Gasteiger partial charge on any atom is 0.322 e. The predicted octanol–water partition coefficient (Wildman–Crippen LogP) is 5.19. The summed E-state index contributed by atoms with van der Waals surface area (Å²) in [6, 6.07) is 7.29. The largest absolute Gasteiger partial charge is 0.383 e. The number of pyridine rings is 1. The van der Waals surface area contributed by atoms with Crippen molar-refractivity contribution in [3.8, 4) is 0 Å². The number of aromatic nitrogens is 1. The van der Waals surface area contributed by atoms with Gasteiger partial charge in [0.05, 0.1) is 11.7 Å². The molecule has 1 unspecified atom stereocenters. The molecule has 11 heteroatoms. The SMILES string of the molecule is Nc1nc(NC(=O)c2cc(F)cc(Cl)c2)c2c3c1CCN3C(=O)NC2c1cc(Cl)ccc1Cl. The molecule has 2 aliphatic rings. The van der Waals surface area contributed by atoms with Crippen molar-refractivity contribution in [3.05, 3.63) is 79.5 Å². The van der Waals surface area contributed by atoms with Crippen LogP contribution in [0.2, 0.25) is 15.1 Å². The van der Waals surface area contributed by atoms with E-state index in [1.165, 1.54) is 6.07 Å². The standard InChI is InChI=1S/C22H15Cl3FN5O2/c23-10-1-2-15(25)14(8-10)17-16-18-13(3-4-31(18)22(33)28-17)19(27)29-20(16)30-21(32)9-5-11(24)7-12(26)6-9/h1-2,5-8,17H,3-4H2,(H,28,33)(H3,27,29,30,32). The summed E-state index contributed by atoms with van der Waals surface area (Å²) in [7, 11) is 0. The minimum atomic E-state index is -0.758. The van der Waals surface area contributed by atoms with Crippen LogP contribution >= 0.6 is 34.8 Å².